The highest BCUT2D eigenvalue weighted by molar-refractivity contribution is 5.97. The van der Waals surface area contributed by atoms with Gasteiger partial charge >= 0.3 is 11.9 Å². The van der Waals surface area contributed by atoms with E-state index in [9.17, 15) is 33.1 Å². The Bertz CT molecular complexity index is 1840. The molecular weight excluding hydrogens is 686 g/mol. The van der Waals surface area contributed by atoms with Crippen LogP contribution in [0.3, 0.4) is 0 Å². The van der Waals surface area contributed by atoms with Gasteiger partial charge in [0.25, 0.3) is 11.8 Å². The summed E-state index contributed by atoms with van der Waals surface area (Å²) in [6.07, 6.45) is 5.54. The summed E-state index contributed by atoms with van der Waals surface area (Å²) >= 11 is 0. The van der Waals surface area contributed by atoms with Gasteiger partial charge in [0, 0.05) is 35.8 Å². The summed E-state index contributed by atoms with van der Waals surface area (Å²) in [6.45, 7) is 2.95. The third-order valence-electron chi connectivity index (χ3n) is 8.29. The largest absolute Gasteiger partial charge is 0.496 e. The average molecular weight is 731 g/mol. The Labute approximate surface area is 307 Å². The Morgan fingerprint density at radius 3 is 2.08 bits per heavy atom. The van der Waals surface area contributed by atoms with Crippen molar-refractivity contribution in [3.8, 4) is 17.2 Å². The molecule has 0 saturated heterocycles. The fraction of sp³-hybridized carbons (Fsp3) is 0.317. The second-order valence-electron chi connectivity index (χ2n) is 12.6. The number of rotatable bonds is 19. The van der Waals surface area contributed by atoms with Crippen molar-refractivity contribution in [2.75, 3.05) is 25.6 Å². The first-order valence-corrected chi connectivity index (χ1v) is 17.4. The molecule has 0 atom stereocenters. The Morgan fingerprint density at radius 2 is 1.45 bits per heavy atom. The Hall–Kier alpha value is -5.78. The molecule has 12 heteroatoms. The number of hydrogen-bond donors (Lipinski definition) is 2. The number of benzene rings is 4. The van der Waals surface area contributed by atoms with Gasteiger partial charge in [-0.25, -0.2) is 13.6 Å². The molecule has 0 heterocycles. The van der Waals surface area contributed by atoms with Gasteiger partial charge < -0.3 is 29.5 Å². The van der Waals surface area contributed by atoms with Crippen molar-refractivity contribution in [2.24, 2.45) is 0 Å². The topological polar surface area (TPSA) is 131 Å². The maximum Gasteiger partial charge on any atom is 0.343 e. The van der Waals surface area contributed by atoms with Crippen LogP contribution < -0.4 is 19.5 Å². The van der Waals surface area contributed by atoms with E-state index in [0.29, 0.717) is 34.7 Å². The molecule has 0 saturated carbocycles. The molecule has 53 heavy (non-hydrogen) atoms. The molecule has 2 amide bonds. The minimum Gasteiger partial charge on any atom is -0.496 e. The molecule has 2 N–H and O–H groups in total. The highest BCUT2D eigenvalue weighted by Crippen LogP contribution is 2.32. The van der Waals surface area contributed by atoms with E-state index in [2.05, 4.69) is 12.2 Å². The molecule has 4 aromatic carbocycles. The summed E-state index contributed by atoms with van der Waals surface area (Å²) < 4.78 is 43.9. The predicted molar refractivity (Wildman–Crippen MR) is 196 cm³/mol. The second kappa shape index (κ2) is 19.2. The number of esters is 1. The van der Waals surface area contributed by atoms with Gasteiger partial charge in [-0.3, -0.25) is 14.4 Å². The van der Waals surface area contributed by atoms with E-state index in [1.807, 2.05) is 0 Å². The molecule has 0 spiro atoms. The van der Waals surface area contributed by atoms with Crippen LogP contribution in [0.4, 0.5) is 14.5 Å². The molecule has 0 aliphatic rings. The number of hydrogen-bond acceptors (Lipinski definition) is 7. The van der Waals surface area contributed by atoms with Crippen LogP contribution in [0.25, 0.3) is 0 Å². The van der Waals surface area contributed by atoms with Gasteiger partial charge in [0.15, 0.2) is 0 Å². The molecule has 0 bridgehead atoms. The first-order valence-electron chi connectivity index (χ1n) is 17.4. The van der Waals surface area contributed by atoms with Crippen LogP contribution in [-0.4, -0.2) is 54.0 Å². The summed E-state index contributed by atoms with van der Waals surface area (Å²) in [5.41, 5.74) is 1.70. The van der Waals surface area contributed by atoms with E-state index >= 15 is 0 Å². The van der Waals surface area contributed by atoms with Gasteiger partial charge in [-0.2, -0.15) is 0 Å². The lowest BCUT2D eigenvalue weighted by molar-refractivity contribution is -0.137. The molecule has 0 aromatic heterocycles. The summed E-state index contributed by atoms with van der Waals surface area (Å²) in [6, 6.07) is 22.9. The average Bonchev–Trinajstić information content (AvgIpc) is 3.13. The zero-order valence-electron chi connectivity index (χ0n) is 30.0. The lowest BCUT2D eigenvalue weighted by Gasteiger charge is -2.21. The van der Waals surface area contributed by atoms with Crippen molar-refractivity contribution < 1.29 is 47.3 Å². The number of halogens is 2. The van der Waals surface area contributed by atoms with Crippen molar-refractivity contribution >= 4 is 29.4 Å². The van der Waals surface area contributed by atoms with Crippen molar-refractivity contribution in [1.29, 1.82) is 0 Å². The maximum atomic E-state index is 13.7. The van der Waals surface area contributed by atoms with E-state index < -0.39 is 36.2 Å². The predicted octanol–water partition coefficient (Wildman–Crippen LogP) is 8.28. The zero-order chi connectivity index (χ0) is 38.4. The van der Waals surface area contributed by atoms with Crippen LogP contribution in [0.2, 0.25) is 0 Å². The SMILES string of the molecule is CCCCCCCOc1ccc(C(=O)Oc2ccc(CN(CC(=O)O)C(=O)c3ccc(NC(=O)Cc4ccc(C(C)(F)F)cc4OC)cc3)cc2)cc1. The number of anilines is 1. The number of carboxylic acid groups (broad SMARTS) is 1. The number of carbonyl (C=O) groups is 4. The van der Waals surface area contributed by atoms with E-state index in [1.54, 1.807) is 48.5 Å². The van der Waals surface area contributed by atoms with E-state index in [4.69, 9.17) is 14.2 Å². The van der Waals surface area contributed by atoms with Crippen LogP contribution >= 0.6 is 0 Å². The second-order valence-corrected chi connectivity index (χ2v) is 12.6. The van der Waals surface area contributed by atoms with Gasteiger partial charge in [-0.1, -0.05) is 56.9 Å². The molecule has 0 unspecified atom stereocenters. The Balaban J connectivity index is 1.31. The zero-order valence-corrected chi connectivity index (χ0v) is 30.0. The highest BCUT2D eigenvalue weighted by Gasteiger charge is 2.26. The number of methoxy groups -OCH3 is 1. The minimum absolute atomic E-state index is 0.0392. The van der Waals surface area contributed by atoms with Gasteiger partial charge in [-0.15, -0.1) is 0 Å². The number of nitrogens with zero attached hydrogens (tertiary/aromatic N) is 1. The van der Waals surface area contributed by atoms with Gasteiger partial charge in [0.1, 0.15) is 23.8 Å². The Morgan fingerprint density at radius 1 is 0.811 bits per heavy atom. The van der Waals surface area contributed by atoms with Crippen molar-refractivity contribution in [3.63, 3.8) is 0 Å². The van der Waals surface area contributed by atoms with Crippen molar-refractivity contribution in [3.05, 3.63) is 119 Å². The fourth-order valence-electron chi connectivity index (χ4n) is 5.42. The molecule has 4 rings (SSSR count). The van der Waals surface area contributed by atoms with Crippen LogP contribution in [0.5, 0.6) is 17.2 Å². The number of alkyl halides is 2. The smallest absolute Gasteiger partial charge is 0.343 e. The highest BCUT2D eigenvalue weighted by atomic mass is 19.3. The van der Waals surface area contributed by atoms with Gasteiger partial charge in [-0.05, 0) is 78.7 Å². The number of unbranched alkanes of at least 4 members (excludes halogenated alkanes) is 4. The standard InChI is InChI=1S/C41H44F2N2O8/c1-4-5-6-7-8-23-52-34-21-14-30(15-22-34)40(50)53-35-19-9-28(10-20-35)26-45(27-38(47)48)39(49)29-12-17-33(18-13-29)44-37(46)24-31-11-16-32(41(2,42)43)25-36(31)51-3/h9-22,25H,4-8,23-24,26-27H2,1-3H3,(H,44,46)(H,47,48). The minimum atomic E-state index is -3.06. The van der Waals surface area contributed by atoms with Gasteiger partial charge in [0.2, 0.25) is 5.91 Å². The quantitative estimate of drug-likeness (QED) is 0.0560. The summed E-state index contributed by atoms with van der Waals surface area (Å²) in [5, 5.41) is 12.2. The third kappa shape index (κ3) is 12.4. The van der Waals surface area contributed by atoms with Gasteiger partial charge in [0.05, 0.1) is 25.7 Å². The lowest BCUT2D eigenvalue weighted by Crippen LogP contribution is -2.35. The van der Waals surface area contributed by atoms with Crippen LogP contribution in [-0.2, 0) is 28.5 Å². The summed E-state index contributed by atoms with van der Waals surface area (Å²) in [5.74, 6) is -4.70. The number of aliphatic carboxylic acids is 1. The monoisotopic (exact) mass is 730 g/mol. The molecule has 0 fully saturated rings. The Kier molecular flexibility index (Phi) is 14.5. The first kappa shape index (κ1) is 40.0. The molecule has 4 aromatic rings. The van der Waals surface area contributed by atoms with E-state index in [1.165, 1.54) is 68.8 Å². The number of ether oxygens (including phenoxy) is 3. The normalized spacial score (nSPS) is 11.0. The maximum absolute atomic E-state index is 13.7. The van der Waals surface area contributed by atoms with E-state index in [-0.39, 0.29) is 35.6 Å². The number of amides is 2. The number of carboxylic acids is 1. The van der Waals surface area contributed by atoms with Crippen molar-refractivity contribution in [1.82, 2.24) is 4.90 Å². The van der Waals surface area contributed by atoms with Crippen LogP contribution in [0, 0.1) is 0 Å². The summed E-state index contributed by atoms with van der Waals surface area (Å²) in [4.78, 5) is 51.6. The number of nitrogens with one attached hydrogen (secondary N) is 1. The lowest BCUT2D eigenvalue weighted by atomic mass is 10.0. The molecule has 0 radical (unpaired) electrons. The fourth-order valence-corrected chi connectivity index (χ4v) is 5.42. The molecule has 0 aliphatic carbocycles. The van der Waals surface area contributed by atoms with Crippen LogP contribution in [0.15, 0.2) is 91.0 Å². The summed E-state index contributed by atoms with van der Waals surface area (Å²) in [7, 11) is 1.33. The third-order valence-corrected chi connectivity index (χ3v) is 8.29. The molecule has 10 nitrogen and oxygen atoms in total. The molecule has 0 aliphatic heterocycles. The van der Waals surface area contributed by atoms with Crippen molar-refractivity contribution in [2.45, 2.75) is 64.8 Å². The first-order chi connectivity index (χ1) is 25.4. The van der Waals surface area contributed by atoms with Crippen LogP contribution in [0.1, 0.15) is 83.4 Å². The number of carbonyl (C=O) groups excluding carboxylic acids is 3. The molecule has 280 valence electrons. The van der Waals surface area contributed by atoms with E-state index in [0.717, 1.165) is 24.7 Å². The molecular formula is C41H44F2N2O8.